The SMILES string of the molecule is [2H]c1c([2H])c([2H])c(-c2cc(-c3c4ccccc4c(-c4cccc5ccccc45)c4ccccc34)c3ccccc3c2)c([2H])c1[2H].c1ccc(-c2ccc(-c3c4ccccc4c(-c4cccc5ccccc45)c4ccccc34)c3ccccc23)cc1.c1ccc2c(-c3c4ccccc4c(-c4cccc5ccccc45)c4ccccc34)cccc2c1. The first-order valence-electron chi connectivity index (χ1n) is 41.6. The third-order valence-electron chi connectivity index (χ3n) is 23.2. The molecule has 0 N–H and O–H groups in total. The second-order valence-corrected chi connectivity index (χ2v) is 29.4. The fourth-order valence-electron chi connectivity index (χ4n) is 18.3. The van der Waals surface area contributed by atoms with Gasteiger partial charge in [-0.2, -0.15) is 0 Å². The summed E-state index contributed by atoms with van der Waals surface area (Å²) in [5, 5.41) is 29.3. The van der Waals surface area contributed by atoms with Crippen LogP contribution >= 0.6 is 0 Å². The number of hydrogen-bond acceptors (Lipinski definition) is 0. The van der Waals surface area contributed by atoms with E-state index >= 15 is 0 Å². The molecule has 0 bridgehead atoms. The molecule has 0 unspecified atom stereocenters. The van der Waals surface area contributed by atoms with Crippen LogP contribution in [0, 0.1) is 0 Å². The summed E-state index contributed by atoms with van der Waals surface area (Å²) in [7, 11) is 0. The van der Waals surface area contributed by atoms with E-state index in [-0.39, 0.29) is 29.7 Å². The van der Waals surface area contributed by atoms with Crippen molar-refractivity contribution in [1.82, 2.24) is 0 Å². The van der Waals surface area contributed by atoms with E-state index in [4.69, 9.17) is 6.85 Å². The fraction of sp³-hybridized carbons (Fsp3) is 0. The maximum absolute atomic E-state index is 8.74. The Balaban J connectivity index is 0.000000112. The Morgan fingerprint density at radius 1 is 0.123 bits per heavy atom. The molecule has 0 saturated carbocycles. The monoisotopic (exact) mass is 1450 g/mol. The molecule has 0 saturated heterocycles. The summed E-state index contributed by atoms with van der Waals surface area (Å²) < 4.78 is 42.3. The highest BCUT2D eigenvalue weighted by atomic mass is 14.3. The Hall–Kier alpha value is -14.8. The van der Waals surface area contributed by atoms with E-state index in [9.17, 15) is 0 Å². The first kappa shape index (κ1) is 62.0. The van der Waals surface area contributed by atoms with Crippen LogP contribution in [0.1, 0.15) is 6.85 Å². The molecule has 0 amide bonds. The molecule has 0 nitrogen and oxygen atoms in total. The molecule has 0 radical (unpaired) electrons. The normalized spacial score (nSPS) is 12.1. The van der Waals surface area contributed by atoms with Gasteiger partial charge in [0.05, 0.1) is 6.85 Å². The summed E-state index contributed by atoms with van der Waals surface area (Å²) in [4.78, 5) is 0. The molecular formula is C114H74. The van der Waals surface area contributed by atoms with Crippen molar-refractivity contribution in [2.24, 2.45) is 0 Å². The molecule has 0 heterocycles. The average molecular weight is 1450 g/mol. The summed E-state index contributed by atoms with van der Waals surface area (Å²) >= 11 is 0. The lowest BCUT2D eigenvalue weighted by atomic mass is 9.83. The van der Waals surface area contributed by atoms with Crippen molar-refractivity contribution in [3.63, 3.8) is 0 Å². The largest absolute Gasteiger partial charge is 0.0629 e. The predicted octanol–water partition coefficient (Wildman–Crippen LogP) is 32.2. The van der Waals surface area contributed by atoms with Gasteiger partial charge in [0, 0.05) is 0 Å². The van der Waals surface area contributed by atoms with Gasteiger partial charge in [-0.1, -0.05) is 437 Å². The first-order valence-corrected chi connectivity index (χ1v) is 39.1. The third kappa shape index (κ3) is 11.6. The zero-order chi connectivity index (χ0) is 79.8. The Bertz CT molecular complexity index is 7700. The van der Waals surface area contributed by atoms with Gasteiger partial charge in [0.1, 0.15) is 0 Å². The van der Waals surface area contributed by atoms with Crippen LogP contribution in [0.25, 0.3) is 218 Å². The average Bonchev–Trinajstić information content (AvgIpc) is 0.728. The van der Waals surface area contributed by atoms with Gasteiger partial charge in [-0.3, -0.25) is 0 Å². The van der Waals surface area contributed by atoms with Crippen LogP contribution in [0.15, 0.2) is 449 Å². The fourth-order valence-corrected chi connectivity index (χ4v) is 18.3. The summed E-state index contributed by atoms with van der Waals surface area (Å²) in [5.41, 5.74) is 18.0. The number of rotatable bonds is 8. The van der Waals surface area contributed by atoms with Gasteiger partial charge in [-0.25, -0.2) is 0 Å². The van der Waals surface area contributed by atoms with Crippen molar-refractivity contribution in [1.29, 1.82) is 0 Å². The number of benzene rings is 23. The van der Waals surface area contributed by atoms with Gasteiger partial charge in [0.2, 0.25) is 0 Å². The van der Waals surface area contributed by atoms with Crippen LogP contribution in [0.2, 0.25) is 0 Å². The van der Waals surface area contributed by atoms with Gasteiger partial charge in [-0.05, 0) is 230 Å². The maximum atomic E-state index is 8.74. The summed E-state index contributed by atoms with van der Waals surface area (Å²) in [5.74, 6) is 0. The Kier molecular flexibility index (Phi) is 15.7. The van der Waals surface area contributed by atoms with E-state index < -0.39 is 6.04 Å². The van der Waals surface area contributed by atoms with E-state index in [0.717, 1.165) is 43.4 Å². The predicted molar refractivity (Wildman–Crippen MR) is 493 cm³/mol. The zero-order valence-electron chi connectivity index (χ0n) is 67.3. The highest BCUT2D eigenvalue weighted by Crippen LogP contribution is 2.52. The molecule has 0 aliphatic rings. The van der Waals surface area contributed by atoms with E-state index in [2.05, 4.69) is 388 Å². The molecule has 0 aromatic heterocycles. The van der Waals surface area contributed by atoms with E-state index in [0.29, 0.717) is 5.56 Å². The summed E-state index contributed by atoms with van der Waals surface area (Å²) in [6.07, 6.45) is 0. The minimum Gasteiger partial charge on any atom is -0.0622 e. The molecule has 0 spiro atoms. The molecule has 0 fully saturated rings. The molecule has 0 atom stereocenters. The topological polar surface area (TPSA) is 0 Å². The maximum Gasteiger partial charge on any atom is 0.0629 e. The minimum atomic E-state index is -0.393. The second kappa shape index (κ2) is 28.9. The quantitative estimate of drug-likeness (QED) is 0.133. The van der Waals surface area contributed by atoms with Crippen LogP contribution in [0.5, 0.6) is 0 Å². The van der Waals surface area contributed by atoms with Gasteiger partial charge < -0.3 is 0 Å². The lowest BCUT2D eigenvalue weighted by molar-refractivity contribution is 1.63. The molecule has 114 heavy (non-hydrogen) atoms. The van der Waals surface area contributed by atoms with Crippen LogP contribution in [0.4, 0.5) is 0 Å². The second-order valence-electron chi connectivity index (χ2n) is 29.4. The molecule has 23 aromatic carbocycles. The summed E-state index contributed by atoms with van der Waals surface area (Å²) in [6.45, 7) is 0. The van der Waals surface area contributed by atoms with E-state index in [1.54, 1.807) is 0 Å². The molecular weight excluding hydrogens is 1370 g/mol. The molecule has 23 rings (SSSR count). The van der Waals surface area contributed by atoms with Crippen molar-refractivity contribution in [3.05, 3.63) is 449 Å². The Morgan fingerprint density at radius 2 is 0.342 bits per heavy atom. The van der Waals surface area contributed by atoms with Crippen molar-refractivity contribution in [3.8, 4) is 89.0 Å². The van der Waals surface area contributed by atoms with Crippen LogP contribution < -0.4 is 0 Å². The molecule has 23 aromatic rings. The molecule has 0 aliphatic carbocycles. The minimum absolute atomic E-state index is 0.203. The highest BCUT2D eigenvalue weighted by molar-refractivity contribution is 6.29. The van der Waals surface area contributed by atoms with E-state index in [1.807, 2.05) is 30.3 Å². The lowest BCUT2D eigenvalue weighted by Gasteiger charge is -2.20. The first-order chi connectivity index (χ1) is 58.7. The third-order valence-corrected chi connectivity index (χ3v) is 23.2. The molecule has 0 aliphatic heterocycles. The Labute approximate surface area is 669 Å². The van der Waals surface area contributed by atoms with Gasteiger partial charge in [0.25, 0.3) is 0 Å². The number of fused-ring (bicyclic) bond motifs is 12. The van der Waals surface area contributed by atoms with Crippen molar-refractivity contribution in [2.45, 2.75) is 0 Å². The summed E-state index contributed by atoms with van der Waals surface area (Å²) in [6, 6.07) is 148. The highest BCUT2D eigenvalue weighted by Gasteiger charge is 2.24. The van der Waals surface area contributed by atoms with Gasteiger partial charge in [-0.15, -0.1) is 0 Å². The van der Waals surface area contributed by atoms with Gasteiger partial charge >= 0.3 is 0 Å². The van der Waals surface area contributed by atoms with Crippen molar-refractivity contribution < 1.29 is 6.85 Å². The van der Waals surface area contributed by atoms with E-state index in [1.165, 1.54) is 164 Å². The molecule has 530 valence electrons. The number of hydrogen-bond donors (Lipinski definition) is 0. The smallest absolute Gasteiger partial charge is 0.0622 e. The van der Waals surface area contributed by atoms with Crippen LogP contribution in [-0.2, 0) is 0 Å². The Morgan fingerprint density at radius 3 is 0.658 bits per heavy atom. The van der Waals surface area contributed by atoms with Crippen LogP contribution in [-0.4, -0.2) is 0 Å². The van der Waals surface area contributed by atoms with Gasteiger partial charge in [0.15, 0.2) is 0 Å². The zero-order valence-corrected chi connectivity index (χ0v) is 62.3. The molecule has 0 heteroatoms. The van der Waals surface area contributed by atoms with Crippen molar-refractivity contribution >= 4 is 129 Å². The van der Waals surface area contributed by atoms with Crippen LogP contribution in [0.3, 0.4) is 0 Å². The standard InChI is InChI=1S/2C40H26.C34H22/c1-2-13-27(14-3-1)30-25-29-16-5-7-19-32(29)38(26-30)40-36-22-10-8-20-34(36)39(35-21-9-11-23-37(35)40)33-24-12-17-28-15-4-6-18-31(28)33;1-2-13-27(14-3-1)30-25-26-38(32-19-7-6-18-31(30)32)40-36-22-10-8-20-34(36)39(35-21-9-11-23-37(35)40)33-24-12-16-28-15-4-5-17-29(28)33;1-3-15-25-23(11-1)13-9-21-27(25)33-29-17-5-7-19-31(29)34(32-20-8-6-18-30(32)33)28-22-10-14-24-12-2-4-16-26(24)28/h2*1-26H;1-22H/i1D,2D,3D,13D,14D;;. The van der Waals surface area contributed by atoms with Crippen molar-refractivity contribution in [2.75, 3.05) is 0 Å². The lowest BCUT2D eigenvalue weighted by Crippen LogP contribution is -1.93.